The quantitative estimate of drug-likeness (QED) is 0.624. The first-order chi connectivity index (χ1) is 10.4. The summed E-state index contributed by atoms with van der Waals surface area (Å²) >= 11 is 0. The molecule has 0 spiro atoms. The van der Waals surface area contributed by atoms with Gasteiger partial charge in [0, 0.05) is 31.7 Å². The van der Waals surface area contributed by atoms with E-state index in [1.807, 2.05) is 0 Å². The number of nitrogens with one attached hydrogen (secondary N) is 2. The molecule has 0 aromatic carbocycles. The monoisotopic (exact) mass is 324 g/mol. The van der Waals surface area contributed by atoms with Crippen LogP contribution in [0.3, 0.4) is 0 Å². The number of aliphatic hydroxyl groups is 1. The summed E-state index contributed by atoms with van der Waals surface area (Å²) in [7, 11) is 0. The number of halogens is 3. The van der Waals surface area contributed by atoms with E-state index in [1.165, 1.54) is 0 Å². The number of urea groups is 1. The molecule has 0 aromatic rings. The fourth-order valence-corrected chi connectivity index (χ4v) is 3.66. The minimum atomic E-state index is -4.31. The summed E-state index contributed by atoms with van der Waals surface area (Å²) in [6.45, 7) is -0.971. The van der Waals surface area contributed by atoms with Crippen molar-refractivity contribution in [2.24, 2.45) is 17.8 Å². The second-order valence-corrected chi connectivity index (χ2v) is 6.13. The van der Waals surface area contributed by atoms with Crippen LogP contribution >= 0.6 is 0 Å². The number of hydrogen-bond acceptors (Lipinski definition) is 3. The van der Waals surface area contributed by atoms with Gasteiger partial charge in [-0.25, -0.2) is 4.79 Å². The molecule has 128 valence electrons. The molecule has 2 bridgehead atoms. The maximum Gasteiger partial charge on any atom is 0.411 e. The summed E-state index contributed by atoms with van der Waals surface area (Å²) < 4.78 is 40.0. The van der Waals surface area contributed by atoms with Crippen LogP contribution in [0.4, 0.5) is 18.0 Å². The molecule has 4 unspecified atom stereocenters. The van der Waals surface area contributed by atoms with Crippen molar-refractivity contribution in [3.05, 3.63) is 0 Å². The van der Waals surface area contributed by atoms with E-state index in [2.05, 4.69) is 15.4 Å². The Balaban J connectivity index is 1.58. The highest BCUT2D eigenvalue weighted by atomic mass is 19.4. The maximum atomic E-state index is 11.8. The van der Waals surface area contributed by atoms with E-state index in [4.69, 9.17) is 0 Å². The van der Waals surface area contributed by atoms with E-state index in [-0.39, 0.29) is 37.7 Å². The van der Waals surface area contributed by atoms with E-state index in [9.17, 15) is 23.1 Å². The van der Waals surface area contributed by atoms with Gasteiger partial charge < -0.3 is 20.5 Å². The summed E-state index contributed by atoms with van der Waals surface area (Å²) in [5.74, 6) is 1.05. The molecule has 0 heterocycles. The molecule has 2 aliphatic rings. The Morgan fingerprint density at radius 1 is 1.27 bits per heavy atom. The zero-order valence-electron chi connectivity index (χ0n) is 12.4. The van der Waals surface area contributed by atoms with Gasteiger partial charge in [-0.3, -0.25) is 0 Å². The lowest BCUT2D eigenvalue weighted by atomic mass is 9.85. The average Bonchev–Trinajstić information content (AvgIpc) is 3.02. The Morgan fingerprint density at radius 2 is 2.00 bits per heavy atom. The van der Waals surface area contributed by atoms with Gasteiger partial charge >= 0.3 is 12.2 Å². The smallest absolute Gasteiger partial charge is 0.396 e. The summed E-state index contributed by atoms with van der Waals surface area (Å²) in [6, 6.07) is -0.322. The number of aliphatic hydroxyl groups excluding tert-OH is 1. The van der Waals surface area contributed by atoms with E-state index >= 15 is 0 Å². The third kappa shape index (κ3) is 4.74. The fourth-order valence-electron chi connectivity index (χ4n) is 3.66. The van der Waals surface area contributed by atoms with Crippen LogP contribution in [0.25, 0.3) is 0 Å². The van der Waals surface area contributed by atoms with Gasteiger partial charge in [0.15, 0.2) is 0 Å². The number of ether oxygens (including phenoxy) is 1. The summed E-state index contributed by atoms with van der Waals surface area (Å²) in [5.41, 5.74) is 0. The second kappa shape index (κ2) is 7.50. The van der Waals surface area contributed by atoms with E-state index in [0.29, 0.717) is 18.3 Å². The molecule has 0 aliphatic heterocycles. The molecule has 8 heteroatoms. The van der Waals surface area contributed by atoms with E-state index < -0.39 is 12.8 Å². The van der Waals surface area contributed by atoms with Crippen molar-refractivity contribution in [3.8, 4) is 0 Å². The zero-order chi connectivity index (χ0) is 16.2. The van der Waals surface area contributed by atoms with Crippen molar-refractivity contribution in [1.29, 1.82) is 0 Å². The number of alkyl halides is 3. The molecule has 0 aromatic heterocycles. The first kappa shape index (κ1) is 17.3. The van der Waals surface area contributed by atoms with Crippen LogP contribution in [0, 0.1) is 17.8 Å². The molecule has 3 N–H and O–H groups in total. The van der Waals surface area contributed by atoms with Gasteiger partial charge in [-0.15, -0.1) is 0 Å². The summed E-state index contributed by atoms with van der Waals surface area (Å²) in [4.78, 5) is 11.8. The SMILES string of the molecule is O=C(NCCCOCC(F)(F)F)NC1C2CCC(C2)C1CO. The Bertz CT molecular complexity index is 379. The number of fused-ring (bicyclic) bond motifs is 2. The molecule has 22 heavy (non-hydrogen) atoms. The minimum Gasteiger partial charge on any atom is -0.396 e. The standard InChI is InChI=1S/C14H23F3N2O3/c15-14(16,17)8-22-5-1-4-18-13(21)19-12-10-3-2-9(6-10)11(12)7-20/h9-12,20H,1-8H2,(H2,18,19,21). The average molecular weight is 324 g/mol. The van der Waals surface area contributed by atoms with Crippen molar-refractivity contribution in [1.82, 2.24) is 10.6 Å². The number of amides is 2. The molecule has 0 saturated heterocycles. The van der Waals surface area contributed by atoms with Gasteiger partial charge in [-0.1, -0.05) is 0 Å². The fraction of sp³-hybridized carbons (Fsp3) is 0.929. The Labute approximate surface area is 127 Å². The van der Waals surface area contributed by atoms with Gasteiger partial charge in [0.25, 0.3) is 0 Å². The lowest BCUT2D eigenvalue weighted by Crippen LogP contribution is -2.49. The third-order valence-electron chi connectivity index (χ3n) is 4.61. The van der Waals surface area contributed by atoms with Crippen LogP contribution < -0.4 is 10.6 Å². The number of hydrogen-bond donors (Lipinski definition) is 3. The van der Waals surface area contributed by atoms with Crippen molar-refractivity contribution < 1.29 is 27.8 Å². The second-order valence-electron chi connectivity index (χ2n) is 6.13. The largest absolute Gasteiger partial charge is 0.411 e. The highest BCUT2D eigenvalue weighted by molar-refractivity contribution is 5.74. The van der Waals surface area contributed by atoms with Crippen LogP contribution in [0.5, 0.6) is 0 Å². The first-order valence-corrected chi connectivity index (χ1v) is 7.70. The minimum absolute atomic E-state index is 0.00484. The Kier molecular flexibility index (Phi) is 5.91. The Hall–Kier alpha value is -1.02. The van der Waals surface area contributed by atoms with Crippen LogP contribution in [0.15, 0.2) is 0 Å². The molecule has 0 radical (unpaired) electrons. The number of rotatable bonds is 7. The van der Waals surface area contributed by atoms with Crippen LogP contribution in [0.1, 0.15) is 25.7 Å². The van der Waals surface area contributed by atoms with Crippen molar-refractivity contribution in [2.75, 3.05) is 26.4 Å². The van der Waals surface area contributed by atoms with Gasteiger partial charge in [0.1, 0.15) is 6.61 Å². The topological polar surface area (TPSA) is 70.6 Å². The number of carbonyl (C=O) groups excluding carboxylic acids is 1. The molecule has 2 saturated carbocycles. The third-order valence-corrected chi connectivity index (χ3v) is 4.61. The summed E-state index contributed by atoms with van der Waals surface area (Å²) in [6.07, 6.45) is -0.735. The predicted molar refractivity (Wildman–Crippen MR) is 73.2 cm³/mol. The van der Waals surface area contributed by atoms with Crippen molar-refractivity contribution >= 4 is 6.03 Å². The van der Waals surface area contributed by atoms with Crippen LogP contribution in [0.2, 0.25) is 0 Å². The zero-order valence-corrected chi connectivity index (χ0v) is 12.4. The van der Waals surface area contributed by atoms with Crippen molar-refractivity contribution in [2.45, 2.75) is 37.9 Å². The van der Waals surface area contributed by atoms with Gasteiger partial charge in [-0.2, -0.15) is 13.2 Å². The lowest BCUT2D eigenvalue weighted by molar-refractivity contribution is -0.173. The van der Waals surface area contributed by atoms with Gasteiger partial charge in [0.2, 0.25) is 0 Å². The van der Waals surface area contributed by atoms with Crippen molar-refractivity contribution in [3.63, 3.8) is 0 Å². The molecule has 2 aliphatic carbocycles. The normalized spacial score (nSPS) is 30.5. The maximum absolute atomic E-state index is 11.8. The van der Waals surface area contributed by atoms with E-state index in [1.54, 1.807) is 0 Å². The summed E-state index contributed by atoms with van der Waals surface area (Å²) in [5, 5.41) is 14.9. The van der Waals surface area contributed by atoms with Crippen LogP contribution in [-0.2, 0) is 4.74 Å². The molecular weight excluding hydrogens is 301 g/mol. The predicted octanol–water partition coefficient (Wildman–Crippen LogP) is 1.66. The molecule has 4 atom stereocenters. The highest BCUT2D eigenvalue weighted by Crippen LogP contribution is 2.48. The molecule has 2 fully saturated rings. The van der Waals surface area contributed by atoms with E-state index in [0.717, 1.165) is 19.3 Å². The molecule has 5 nitrogen and oxygen atoms in total. The van der Waals surface area contributed by atoms with Crippen LogP contribution in [-0.4, -0.2) is 49.7 Å². The first-order valence-electron chi connectivity index (χ1n) is 7.70. The molecule has 2 rings (SSSR count). The molecule has 2 amide bonds. The number of carbonyl (C=O) groups is 1. The van der Waals surface area contributed by atoms with Gasteiger partial charge in [0.05, 0.1) is 0 Å². The molecular formula is C14H23F3N2O3. The lowest BCUT2D eigenvalue weighted by Gasteiger charge is -2.30. The van der Waals surface area contributed by atoms with Gasteiger partial charge in [-0.05, 0) is 37.5 Å². The Morgan fingerprint density at radius 3 is 2.68 bits per heavy atom. The highest BCUT2D eigenvalue weighted by Gasteiger charge is 2.47.